The van der Waals surface area contributed by atoms with Crippen molar-refractivity contribution >= 4 is 52.8 Å². The molecule has 1 aliphatic heterocycles. The SMILES string of the molecule is O=C(COC(=O)[C@@H]1CC(=O)N(NC(=O)c2ccccc2Cl)C1)NNC(=O)c1ccc(Cl)cc1. The van der Waals surface area contributed by atoms with E-state index in [2.05, 4.69) is 16.3 Å². The maximum Gasteiger partial charge on any atom is 0.311 e. The van der Waals surface area contributed by atoms with Crippen molar-refractivity contribution in [1.29, 1.82) is 0 Å². The van der Waals surface area contributed by atoms with E-state index < -0.39 is 42.1 Å². The first-order valence-electron chi connectivity index (χ1n) is 9.62. The topological polar surface area (TPSA) is 134 Å². The number of halogens is 2. The molecule has 0 aromatic heterocycles. The van der Waals surface area contributed by atoms with Gasteiger partial charge >= 0.3 is 5.97 Å². The molecule has 0 radical (unpaired) electrons. The van der Waals surface area contributed by atoms with Gasteiger partial charge in [0.15, 0.2) is 6.61 Å². The van der Waals surface area contributed by atoms with Gasteiger partial charge in [0.1, 0.15) is 0 Å². The fourth-order valence-electron chi connectivity index (χ4n) is 2.89. The van der Waals surface area contributed by atoms with E-state index in [9.17, 15) is 24.0 Å². The highest BCUT2D eigenvalue weighted by Gasteiger charge is 2.37. The van der Waals surface area contributed by atoms with Crippen molar-refractivity contribution in [1.82, 2.24) is 21.3 Å². The van der Waals surface area contributed by atoms with E-state index in [-0.39, 0.29) is 29.1 Å². The molecular formula is C21H18Cl2N4O6. The van der Waals surface area contributed by atoms with Crippen LogP contribution >= 0.6 is 23.2 Å². The lowest BCUT2D eigenvalue weighted by Gasteiger charge is -2.18. The molecule has 4 amide bonds. The zero-order chi connectivity index (χ0) is 24.0. The molecule has 1 saturated heterocycles. The number of amides is 4. The number of benzene rings is 2. The molecule has 3 rings (SSSR count). The summed E-state index contributed by atoms with van der Waals surface area (Å²) in [5.74, 6) is -4.12. The minimum absolute atomic E-state index is 0.122. The predicted molar refractivity (Wildman–Crippen MR) is 117 cm³/mol. The van der Waals surface area contributed by atoms with Gasteiger partial charge in [-0.3, -0.25) is 45.3 Å². The predicted octanol–water partition coefficient (Wildman–Crippen LogP) is 1.49. The summed E-state index contributed by atoms with van der Waals surface area (Å²) in [6.07, 6.45) is -0.198. The van der Waals surface area contributed by atoms with Crippen molar-refractivity contribution in [3.63, 3.8) is 0 Å². The molecule has 0 spiro atoms. The molecule has 33 heavy (non-hydrogen) atoms. The van der Waals surface area contributed by atoms with Gasteiger partial charge in [0.2, 0.25) is 5.91 Å². The van der Waals surface area contributed by atoms with Gasteiger partial charge in [0, 0.05) is 17.0 Å². The average molecular weight is 493 g/mol. The molecule has 2 aromatic rings. The van der Waals surface area contributed by atoms with Crippen LogP contribution in [0.25, 0.3) is 0 Å². The minimum atomic E-state index is -0.875. The molecule has 1 atom stereocenters. The van der Waals surface area contributed by atoms with Gasteiger partial charge in [-0.25, -0.2) is 0 Å². The molecule has 1 fully saturated rings. The molecule has 10 nitrogen and oxygen atoms in total. The van der Waals surface area contributed by atoms with Crippen molar-refractivity contribution in [3.05, 3.63) is 69.7 Å². The maximum absolute atomic E-state index is 12.3. The molecule has 172 valence electrons. The summed E-state index contributed by atoms with van der Waals surface area (Å²) in [6, 6.07) is 12.3. The van der Waals surface area contributed by atoms with Gasteiger partial charge in [-0.2, -0.15) is 0 Å². The van der Waals surface area contributed by atoms with Gasteiger partial charge in [0.25, 0.3) is 17.7 Å². The Morgan fingerprint density at radius 2 is 1.67 bits per heavy atom. The molecule has 0 aliphatic carbocycles. The van der Waals surface area contributed by atoms with Crippen molar-refractivity contribution in [2.24, 2.45) is 5.92 Å². The number of esters is 1. The zero-order valence-electron chi connectivity index (χ0n) is 17.0. The smallest absolute Gasteiger partial charge is 0.311 e. The largest absolute Gasteiger partial charge is 0.455 e. The first kappa shape index (κ1) is 24.0. The summed E-state index contributed by atoms with van der Waals surface area (Å²) < 4.78 is 4.91. The zero-order valence-corrected chi connectivity index (χ0v) is 18.5. The number of carbonyl (C=O) groups excluding carboxylic acids is 5. The van der Waals surface area contributed by atoms with Gasteiger partial charge in [-0.05, 0) is 36.4 Å². The summed E-state index contributed by atoms with van der Waals surface area (Å²) in [7, 11) is 0. The van der Waals surface area contributed by atoms with Crippen LogP contribution in [0.5, 0.6) is 0 Å². The van der Waals surface area contributed by atoms with Crippen molar-refractivity contribution in [2.45, 2.75) is 6.42 Å². The second-order valence-electron chi connectivity index (χ2n) is 6.94. The number of rotatable bonds is 6. The highest BCUT2D eigenvalue weighted by Crippen LogP contribution is 2.19. The lowest BCUT2D eigenvalue weighted by Crippen LogP contribution is -2.44. The average Bonchev–Trinajstić information content (AvgIpc) is 3.16. The second kappa shape index (κ2) is 10.8. The van der Waals surface area contributed by atoms with Gasteiger partial charge < -0.3 is 4.74 Å². The van der Waals surface area contributed by atoms with Crippen LogP contribution in [-0.4, -0.2) is 47.8 Å². The van der Waals surface area contributed by atoms with E-state index in [0.29, 0.717) is 5.02 Å². The van der Waals surface area contributed by atoms with Crippen molar-refractivity contribution in [2.75, 3.05) is 13.2 Å². The van der Waals surface area contributed by atoms with Gasteiger partial charge in [-0.15, -0.1) is 0 Å². The number of carbonyl (C=O) groups is 5. The second-order valence-corrected chi connectivity index (χ2v) is 7.79. The van der Waals surface area contributed by atoms with Crippen LogP contribution in [0, 0.1) is 5.92 Å². The van der Waals surface area contributed by atoms with Gasteiger partial charge in [0.05, 0.1) is 23.0 Å². The minimum Gasteiger partial charge on any atom is -0.455 e. The van der Waals surface area contributed by atoms with Crippen LogP contribution in [0.4, 0.5) is 0 Å². The number of hydrogen-bond donors (Lipinski definition) is 3. The Morgan fingerprint density at radius 1 is 0.970 bits per heavy atom. The van der Waals surface area contributed by atoms with Crippen LogP contribution in [0.1, 0.15) is 27.1 Å². The van der Waals surface area contributed by atoms with E-state index in [1.165, 1.54) is 36.4 Å². The van der Waals surface area contributed by atoms with Crippen LogP contribution < -0.4 is 16.3 Å². The fraction of sp³-hybridized carbons (Fsp3) is 0.190. The van der Waals surface area contributed by atoms with Crippen LogP contribution in [0.15, 0.2) is 48.5 Å². The van der Waals surface area contributed by atoms with E-state index in [4.69, 9.17) is 27.9 Å². The first-order valence-corrected chi connectivity index (χ1v) is 10.4. The summed E-state index contributed by atoms with van der Waals surface area (Å²) >= 11 is 11.7. The molecule has 12 heteroatoms. The molecule has 0 saturated carbocycles. The normalized spacial score (nSPS) is 15.0. The summed E-state index contributed by atoms with van der Waals surface area (Å²) in [4.78, 5) is 60.5. The van der Waals surface area contributed by atoms with Crippen molar-refractivity contribution < 1.29 is 28.7 Å². The number of ether oxygens (including phenoxy) is 1. The Balaban J connectivity index is 1.43. The van der Waals surface area contributed by atoms with E-state index >= 15 is 0 Å². The third-order valence-corrected chi connectivity index (χ3v) is 5.16. The monoisotopic (exact) mass is 492 g/mol. The highest BCUT2D eigenvalue weighted by molar-refractivity contribution is 6.33. The van der Waals surface area contributed by atoms with Crippen LogP contribution in [-0.2, 0) is 19.1 Å². The molecule has 2 aromatic carbocycles. The lowest BCUT2D eigenvalue weighted by molar-refractivity contribution is -0.152. The summed E-state index contributed by atoms with van der Waals surface area (Å²) in [5.41, 5.74) is 7.13. The maximum atomic E-state index is 12.3. The third kappa shape index (κ3) is 6.43. The van der Waals surface area contributed by atoms with E-state index in [1.807, 2.05) is 0 Å². The number of nitrogens with one attached hydrogen (secondary N) is 3. The van der Waals surface area contributed by atoms with E-state index in [0.717, 1.165) is 5.01 Å². The molecule has 3 N–H and O–H groups in total. The Bertz CT molecular complexity index is 1090. The van der Waals surface area contributed by atoms with Gasteiger partial charge in [-0.1, -0.05) is 35.3 Å². The van der Waals surface area contributed by atoms with E-state index in [1.54, 1.807) is 12.1 Å². The molecular weight excluding hydrogens is 475 g/mol. The number of nitrogens with zero attached hydrogens (tertiary/aromatic N) is 1. The Labute approximate surface area is 198 Å². The summed E-state index contributed by atoms with van der Waals surface area (Å²) in [5, 5.41) is 1.67. The Hall–Kier alpha value is -3.63. The lowest BCUT2D eigenvalue weighted by atomic mass is 10.1. The van der Waals surface area contributed by atoms with Crippen molar-refractivity contribution in [3.8, 4) is 0 Å². The quantitative estimate of drug-likeness (QED) is 0.413. The Kier molecular flexibility index (Phi) is 7.86. The summed E-state index contributed by atoms with van der Waals surface area (Å²) in [6.45, 7) is -0.792. The van der Waals surface area contributed by atoms with Crippen LogP contribution in [0.3, 0.4) is 0 Å². The first-order chi connectivity index (χ1) is 15.7. The third-order valence-electron chi connectivity index (χ3n) is 4.58. The Morgan fingerprint density at radius 3 is 2.36 bits per heavy atom. The molecule has 1 aliphatic rings. The molecule has 1 heterocycles. The molecule has 0 unspecified atom stereocenters. The fourth-order valence-corrected chi connectivity index (χ4v) is 3.24. The number of hydrogen-bond acceptors (Lipinski definition) is 6. The standard InChI is InChI=1S/C21H18Cl2N4O6/c22-14-7-5-12(6-8-14)19(30)25-24-17(28)11-33-21(32)13-9-18(29)27(10-13)26-20(31)15-3-1-2-4-16(15)23/h1-8,13H,9-11H2,(H,24,28)(H,25,30)(H,26,31)/t13-/m1/s1. The number of hydrazine groups is 2. The molecule has 0 bridgehead atoms. The van der Waals surface area contributed by atoms with Crippen LogP contribution in [0.2, 0.25) is 10.0 Å². The highest BCUT2D eigenvalue weighted by atomic mass is 35.5.